The fourth-order valence-corrected chi connectivity index (χ4v) is 8.26. The first-order valence-corrected chi connectivity index (χ1v) is 9.99. The van der Waals surface area contributed by atoms with Gasteiger partial charge in [-0.1, -0.05) is 78.9 Å². The molecule has 23 heavy (non-hydrogen) atoms. The third-order valence-electron chi connectivity index (χ3n) is 5.16. The van der Waals surface area contributed by atoms with E-state index in [1.54, 1.807) is 0 Å². The maximum Gasteiger partial charge on any atom is 0.0967 e. The van der Waals surface area contributed by atoms with E-state index in [1.165, 1.54) is 16.0 Å². The van der Waals surface area contributed by atoms with Gasteiger partial charge in [-0.25, -0.2) is 0 Å². The summed E-state index contributed by atoms with van der Waals surface area (Å²) in [7, 11) is -0.867. The van der Waals surface area contributed by atoms with Gasteiger partial charge in [0.05, 0.1) is 10.00 Å². The maximum absolute atomic E-state index is 13.2. The molecule has 0 aromatic heterocycles. The lowest BCUT2D eigenvalue weighted by molar-refractivity contribution is 0.540. The normalized spacial score (nSPS) is 37.0. The Morgan fingerprint density at radius 2 is 1.65 bits per heavy atom. The topological polar surface area (TPSA) is 17.1 Å². The van der Waals surface area contributed by atoms with Gasteiger partial charge in [-0.3, -0.25) is 4.21 Å². The monoisotopic (exact) mass is 336 g/mol. The standard InChI is InChI=1S/C20H16OS2/c21-23-18-11-12-20(23,15-9-5-2-6-10-15)16-13-17(22-19(16)18)14-7-3-1-4-8-14/h1-13,16,18-19H/t16-,18+,19+,20+,23?/m0/s1. The zero-order valence-electron chi connectivity index (χ0n) is 12.5. The van der Waals surface area contributed by atoms with E-state index in [9.17, 15) is 4.21 Å². The molecule has 3 aliphatic rings. The molecule has 2 aromatic rings. The van der Waals surface area contributed by atoms with Crippen LogP contribution < -0.4 is 0 Å². The second-order valence-corrected chi connectivity index (χ2v) is 9.32. The molecule has 1 nitrogen and oxygen atoms in total. The molecule has 5 rings (SSSR count). The van der Waals surface area contributed by atoms with Crippen LogP contribution in [-0.4, -0.2) is 14.7 Å². The number of rotatable bonds is 2. The van der Waals surface area contributed by atoms with Gasteiger partial charge in [-0.15, -0.1) is 11.8 Å². The minimum absolute atomic E-state index is 0.169. The zero-order chi connectivity index (χ0) is 15.4. The number of hydrogen-bond donors (Lipinski definition) is 0. The molecular weight excluding hydrogens is 320 g/mol. The average Bonchev–Trinajstić information content (AvgIpc) is 3.25. The summed E-state index contributed by atoms with van der Waals surface area (Å²) < 4.78 is 12.8. The average molecular weight is 336 g/mol. The molecule has 0 saturated carbocycles. The van der Waals surface area contributed by atoms with Crippen molar-refractivity contribution in [2.24, 2.45) is 5.92 Å². The Bertz CT molecular complexity index is 840. The predicted octanol–water partition coefficient (Wildman–Crippen LogP) is 4.36. The number of benzene rings is 2. The van der Waals surface area contributed by atoms with Crippen molar-refractivity contribution in [1.82, 2.24) is 0 Å². The molecule has 3 aliphatic heterocycles. The van der Waals surface area contributed by atoms with Gasteiger partial charge in [-0.05, 0) is 11.1 Å². The molecule has 2 aromatic carbocycles. The van der Waals surface area contributed by atoms with Crippen molar-refractivity contribution in [3.63, 3.8) is 0 Å². The van der Waals surface area contributed by atoms with Crippen LogP contribution in [0.5, 0.6) is 0 Å². The Hall–Kier alpha value is -1.58. The van der Waals surface area contributed by atoms with Crippen LogP contribution in [0.2, 0.25) is 0 Å². The molecule has 0 N–H and O–H groups in total. The lowest BCUT2D eigenvalue weighted by Crippen LogP contribution is -2.32. The summed E-state index contributed by atoms with van der Waals surface area (Å²) in [5, 5.41) is 0.568. The van der Waals surface area contributed by atoms with Crippen molar-refractivity contribution >= 4 is 27.5 Å². The van der Waals surface area contributed by atoms with Gasteiger partial charge in [0.2, 0.25) is 0 Å². The highest BCUT2D eigenvalue weighted by atomic mass is 32.2. The van der Waals surface area contributed by atoms with Crippen LogP contribution in [0.3, 0.4) is 0 Å². The van der Waals surface area contributed by atoms with E-state index in [1.807, 2.05) is 17.8 Å². The summed E-state index contributed by atoms with van der Waals surface area (Å²) in [5.41, 5.74) is 2.47. The number of hydrogen-bond acceptors (Lipinski definition) is 2. The molecule has 0 radical (unpaired) electrons. The Kier molecular flexibility index (Phi) is 2.98. The van der Waals surface area contributed by atoms with Crippen molar-refractivity contribution in [2.75, 3.05) is 0 Å². The highest BCUT2D eigenvalue weighted by molar-refractivity contribution is 8.10. The van der Waals surface area contributed by atoms with Crippen LogP contribution in [0.25, 0.3) is 4.91 Å². The van der Waals surface area contributed by atoms with Gasteiger partial charge in [-0.2, -0.15) is 0 Å². The third kappa shape index (κ3) is 1.78. The van der Waals surface area contributed by atoms with E-state index in [0.29, 0.717) is 11.2 Å². The Balaban J connectivity index is 1.64. The molecule has 0 spiro atoms. The van der Waals surface area contributed by atoms with E-state index < -0.39 is 10.8 Å². The molecule has 3 heteroatoms. The van der Waals surface area contributed by atoms with E-state index in [-0.39, 0.29) is 10.00 Å². The molecular formula is C20H16OS2. The summed E-state index contributed by atoms with van der Waals surface area (Å²) in [6.07, 6.45) is 6.79. The lowest BCUT2D eigenvalue weighted by atomic mass is 9.79. The first-order chi connectivity index (χ1) is 11.3. The quantitative estimate of drug-likeness (QED) is 0.758. The summed E-state index contributed by atoms with van der Waals surface area (Å²) >= 11 is 1.91. The second kappa shape index (κ2) is 4.96. The van der Waals surface area contributed by atoms with Crippen molar-refractivity contribution in [3.05, 3.63) is 90.0 Å². The second-order valence-electron chi connectivity index (χ2n) is 6.29. The van der Waals surface area contributed by atoms with Gasteiger partial charge < -0.3 is 0 Å². The zero-order valence-corrected chi connectivity index (χ0v) is 14.1. The third-order valence-corrected chi connectivity index (χ3v) is 9.07. The van der Waals surface area contributed by atoms with Crippen LogP contribution in [-0.2, 0) is 15.5 Å². The summed E-state index contributed by atoms with van der Waals surface area (Å²) in [6.45, 7) is 0. The Morgan fingerprint density at radius 1 is 0.957 bits per heavy atom. The number of fused-ring (bicyclic) bond motifs is 5. The molecule has 0 aliphatic carbocycles. The Labute approximate surface area is 143 Å². The Morgan fingerprint density at radius 3 is 2.39 bits per heavy atom. The molecule has 114 valence electrons. The number of thioether (sulfide) groups is 1. The van der Waals surface area contributed by atoms with Crippen molar-refractivity contribution < 1.29 is 4.21 Å². The van der Waals surface area contributed by atoms with Gasteiger partial charge in [0.15, 0.2) is 0 Å². The largest absolute Gasteiger partial charge is 0.258 e. The van der Waals surface area contributed by atoms with Crippen LogP contribution >= 0.6 is 11.8 Å². The van der Waals surface area contributed by atoms with Gasteiger partial charge in [0.25, 0.3) is 0 Å². The molecule has 1 saturated heterocycles. The molecule has 1 unspecified atom stereocenters. The van der Waals surface area contributed by atoms with Gasteiger partial charge in [0, 0.05) is 26.9 Å². The van der Waals surface area contributed by atoms with Gasteiger partial charge >= 0.3 is 0 Å². The van der Waals surface area contributed by atoms with E-state index in [0.717, 1.165) is 0 Å². The molecule has 0 amide bonds. The first-order valence-electron chi connectivity index (χ1n) is 7.90. The van der Waals surface area contributed by atoms with Crippen LogP contribution in [0.15, 0.2) is 78.9 Å². The van der Waals surface area contributed by atoms with E-state index >= 15 is 0 Å². The van der Waals surface area contributed by atoms with E-state index in [2.05, 4.69) is 72.8 Å². The molecule has 3 heterocycles. The van der Waals surface area contributed by atoms with E-state index in [4.69, 9.17) is 0 Å². The summed E-state index contributed by atoms with van der Waals surface area (Å²) in [5.74, 6) is 0.320. The fourth-order valence-electron chi connectivity index (χ4n) is 4.10. The highest BCUT2D eigenvalue weighted by Gasteiger charge is 2.62. The summed E-state index contributed by atoms with van der Waals surface area (Å²) in [4.78, 5) is 1.34. The highest BCUT2D eigenvalue weighted by Crippen LogP contribution is 2.62. The fraction of sp³-hybridized carbons (Fsp3) is 0.200. The number of allylic oxidation sites excluding steroid dienone is 1. The minimum Gasteiger partial charge on any atom is -0.258 e. The predicted molar refractivity (Wildman–Crippen MR) is 98.5 cm³/mol. The smallest absolute Gasteiger partial charge is 0.0967 e. The summed E-state index contributed by atoms with van der Waals surface area (Å²) in [6, 6.07) is 21.0. The van der Waals surface area contributed by atoms with Crippen LogP contribution in [0.1, 0.15) is 11.1 Å². The van der Waals surface area contributed by atoms with Crippen molar-refractivity contribution in [2.45, 2.75) is 15.2 Å². The van der Waals surface area contributed by atoms with Crippen LogP contribution in [0, 0.1) is 5.92 Å². The minimum atomic E-state index is -0.867. The SMILES string of the molecule is O=S1[C@@H]2C=C[C@@]1(c1ccccc1)[C@H]1C=C(c3ccccc3)S[C@@H]21. The lowest BCUT2D eigenvalue weighted by Gasteiger charge is -2.29. The molecule has 1 fully saturated rings. The molecule has 5 atom stereocenters. The van der Waals surface area contributed by atoms with Crippen molar-refractivity contribution in [3.8, 4) is 0 Å². The van der Waals surface area contributed by atoms with Crippen molar-refractivity contribution in [1.29, 1.82) is 0 Å². The van der Waals surface area contributed by atoms with Crippen LogP contribution in [0.4, 0.5) is 0 Å². The maximum atomic E-state index is 13.2. The van der Waals surface area contributed by atoms with Gasteiger partial charge in [0.1, 0.15) is 0 Å². The first kappa shape index (κ1) is 13.8. The molecule has 2 bridgehead atoms.